The molecule has 0 unspecified atom stereocenters. The molecule has 0 bridgehead atoms. The minimum atomic E-state index is -0.490. The third-order valence-electron chi connectivity index (χ3n) is 11.6. The second-order valence-corrected chi connectivity index (χ2v) is 14.2. The summed E-state index contributed by atoms with van der Waals surface area (Å²) in [7, 11) is 0. The summed E-state index contributed by atoms with van der Waals surface area (Å²) in [5.41, 5.74) is 18.7. The second kappa shape index (κ2) is 9.83. The van der Waals surface area contributed by atoms with E-state index in [1.807, 2.05) is 0 Å². The summed E-state index contributed by atoms with van der Waals surface area (Å²) in [6, 6.07) is 54.0. The third-order valence-corrected chi connectivity index (χ3v) is 11.6. The lowest BCUT2D eigenvalue weighted by molar-refractivity contribution is 0.598. The van der Waals surface area contributed by atoms with Gasteiger partial charge in [-0.1, -0.05) is 145 Å². The third kappa shape index (κ3) is 3.57. The highest BCUT2D eigenvalue weighted by atomic mass is 15.1. The number of rotatable bonds is 4. The van der Waals surface area contributed by atoms with Gasteiger partial charge in [0.05, 0.1) is 0 Å². The van der Waals surface area contributed by atoms with E-state index in [4.69, 9.17) is 0 Å². The molecule has 0 amide bonds. The molecule has 0 aliphatic heterocycles. The molecule has 0 heterocycles. The monoisotopic (exact) mass is 635 g/mol. The Morgan fingerprint density at radius 1 is 0.460 bits per heavy atom. The molecule has 0 atom stereocenters. The van der Waals surface area contributed by atoms with Crippen molar-refractivity contribution in [1.82, 2.24) is 0 Å². The molecular formula is C47H29N3. The average Bonchev–Trinajstić information content (AvgIpc) is 3.41. The molecule has 0 saturated carbocycles. The van der Waals surface area contributed by atoms with Crippen LogP contribution in [-0.4, -0.2) is 6.54 Å². The Bertz CT molecular complexity index is 2860. The first-order valence-electron chi connectivity index (χ1n) is 17.2. The van der Waals surface area contributed by atoms with Gasteiger partial charge in [0, 0.05) is 16.9 Å². The van der Waals surface area contributed by atoms with Crippen LogP contribution in [0, 0.1) is 0 Å². The van der Waals surface area contributed by atoms with Crippen molar-refractivity contribution in [2.45, 2.75) is 12.3 Å². The highest BCUT2D eigenvalue weighted by Crippen LogP contribution is 2.52. The largest absolute Gasteiger partial charge is 0.0927 e. The maximum absolute atomic E-state index is 9.57. The first-order valence-corrected chi connectivity index (χ1v) is 17.2. The quantitative estimate of drug-likeness (QED) is 0.0800. The number of fused-ring (bicyclic) bond motifs is 3. The van der Waals surface area contributed by atoms with Crippen molar-refractivity contribution < 1.29 is 0 Å². The number of azide groups is 1. The molecule has 10 aromatic carbocycles. The van der Waals surface area contributed by atoms with Gasteiger partial charge in [-0.15, -0.1) is 0 Å². The van der Waals surface area contributed by atoms with Crippen molar-refractivity contribution in [3.63, 3.8) is 0 Å². The Kier molecular flexibility index (Phi) is 5.41. The molecule has 1 aliphatic carbocycles. The Morgan fingerprint density at radius 2 is 0.840 bits per heavy atom. The summed E-state index contributed by atoms with van der Waals surface area (Å²) in [5, 5.41) is 19.6. The summed E-state index contributed by atoms with van der Waals surface area (Å²) in [6.07, 6.45) is 0. The van der Waals surface area contributed by atoms with Crippen LogP contribution in [0.3, 0.4) is 0 Å². The molecule has 0 spiro atoms. The van der Waals surface area contributed by atoms with Gasteiger partial charge in [0.25, 0.3) is 0 Å². The van der Waals surface area contributed by atoms with Crippen molar-refractivity contribution in [3.8, 4) is 33.4 Å². The first-order chi connectivity index (χ1) is 24.6. The molecule has 10 aromatic rings. The second-order valence-electron chi connectivity index (χ2n) is 14.2. The molecule has 0 fully saturated rings. The highest BCUT2D eigenvalue weighted by molar-refractivity contribution is 6.26. The molecular weight excluding hydrogens is 607 g/mol. The molecule has 232 valence electrons. The number of benzene rings is 10. The van der Waals surface area contributed by atoms with Crippen LogP contribution in [0.4, 0.5) is 0 Å². The van der Waals surface area contributed by atoms with Crippen LogP contribution < -0.4 is 0 Å². The zero-order chi connectivity index (χ0) is 33.1. The van der Waals surface area contributed by atoms with Gasteiger partial charge in [0.2, 0.25) is 0 Å². The molecule has 1 aliphatic rings. The zero-order valence-corrected chi connectivity index (χ0v) is 27.4. The smallest absolute Gasteiger partial charge is 0.0393 e. The average molecular weight is 636 g/mol. The van der Waals surface area contributed by atoms with Crippen molar-refractivity contribution in [2.75, 3.05) is 6.54 Å². The van der Waals surface area contributed by atoms with Gasteiger partial charge in [0.15, 0.2) is 0 Å². The lowest BCUT2D eigenvalue weighted by Gasteiger charge is -2.26. The van der Waals surface area contributed by atoms with Gasteiger partial charge in [0.1, 0.15) is 0 Å². The Labute approximate surface area is 288 Å². The normalized spacial score (nSPS) is 13.5. The van der Waals surface area contributed by atoms with E-state index in [0.29, 0.717) is 6.54 Å². The molecule has 0 N–H and O–H groups in total. The van der Waals surface area contributed by atoms with E-state index >= 15 is 0 Å². The van der Waals surface area contributed by atoms with Crippen LogP contribution in [0.25, 0.3) is 108 Å². The van der Waals surface area contributed by atoms with Gasteiger partial charge in [-0.2, -0.15) is 0 Å². The fraction of sp³-hybridized carbons (Fsp3) is 0.0638. The number of hydrogen-bond acceptors (Lipinski definition) is 1. The van der Waals surface area contributed by atoms with E-state index < -0.39 is 5.41 Å². The standard InChI is InChI=1S/C47H29N3/c1-47(26-49-50-48)41-24-33(35-18-12-31-10-8-27-4-2-6-29-14-22-39(35)45(31)43(27)29)16-20-37(41)38-21-17-34(25-42(38)47)36-19-13-32-11-9-28-5-3-7-30-15-23-40(36)46(32)44(28)30/h2-25H,26H2,1H3. The summed E-state index contributed by atoms with van der Waals surface area (Å²) >= 11 is 0. The summed E-state index contributed by atoms with van der Waals surface area (Å²) in [5.74, 6) is 0. The summed E-state index contributed by atoms with van der Waals surface area (Å²) in [4.78, 5) is 3.25. The Balaban J connectivity index is 1.10. The Hall–Kier alpha value is -6.41. The van der Waals surface area contributed by atoms with Crippen LogP contribution >= 0.6 is 0 Å². The van der Waals surface area contributed by atoms with Gasteiger partial charge in [-0.25, -0.2) is 0 Å². The Morgan fingerprint density at radius 3 is 1.28 bits per heavy atom. The van der Waals surface area contributed by atoms with Gasteiger partial charge in [-0.05, 0) is 127 Å². The van der Waals surface area contributed by atoms with E-state index in [2.05, 4.69) is 163 Å². The summed E-state index contributed by atoms with van der Waals surface area (Å²) < 4.78 is 0. The molecule has 0 aromatic heterocycles. The maximum atomic E-state index is 9.57. The first kappa shape index (κ1) is 27.5. The molecule has 3 heteroatoms. The van der Waals surface area contributed by atoms with E-state index in [0.717, 1.165) is 0 Å². The molecule has 11 rings (SSSR count). The van der Waals surface area contributed by atoms with Crippen molar-refractivity contribution in [3.05, 3.63) is 167 Å². The zero-order valence-electron chi connectivity index (χ0n) is 27.4. The SMILES string of the molecule is CC1(CN=[N+]=[N-])c2cc(-c3ccc4ccc5cccc6ccc3c4c56)ccc2-c2ccc(-c3ccc4ccc5cccc6ccc3c4c56)cc21. The van der Waals surface area contributed by atoms with Crippen LogP contribution in [0.2, 0.25) is 0 Å². The minimum Gasteiger partial charge on any atom is -0.0927 e. The lowest BCUT2D eigenvalue weighted by atomic mass is 9.78. The van der Waals surface area contributed by atoms with Gasteiger partial charge in [-0.3, -0.25) is 0 Å². The number of hydrogen-bond donors (Lipinski definition) is 0. The van der Waals surface area contributed by atoms with E-state index in [1.165, 1.54) is 109 Å². The minimum absolute atomic E-state index is 0.341. The van der Waals surface area contributed by atoms with Gasteiger partial charge < -0.3 is 0 Å². The summed E-state index contributed by atoms with van der Waals surface area (Å²) in [6.45, 7) is 2.58. The molecule has 3 nitrogen and oxygen atoms in total. The van der Waals surface area contributed by atoms with Gasteiger partial charge >= 0.3 is 0 Å². The topological polar surface area (TPSA) is 48.8 Å². The predicted molar refractivity (Wildman–Crippen MR) is 211 cm³/mol. The van der Waals surface area contributed by atoms with Crippen molar-refractivity contribution >= 4 is 64.6 Å². The predicted octanol–water partition coefficient (Wildman–Crippen LogP) is 13.4. The fourth-order valence-corrected chi connectivity index (χ4v) is 9.27. The lowest BCUT2D eigenvalue weighted by Crippen LogP contribution is -2.24. The van der Waals surface area contributed by atoms with Crippen LogP contribution in [0.5, 0.6) is 0 Å². The van der Waals surface area contributed by atoms with Crippen molar-refractivity contribution in [2.24, 2.45) is 5.11 Å². The number of nitrogens with zero attached hydrogens (tertiary/aromatic N) is 3. The van der Waals surface area contributed by atoms with Crippen LogP contribution in [0.1, 0.15) is 18.1 Å². The van der Waals surface area contributed by atoms with Crippen molar-refractivity contribution in [1.29, 1.82) is 0 Å². The molecule has 50 heavy (non-hydrogen) atoms. The van der Waals surface area contributed by atoms with E-state index in [9.17, 15) is 5.53 Å². The highest BCUT2D eigenvalue weighted by Gasteiger charge is 2.39. The van der Waals surface area contributed by atoms with Crippen LogP contribution in [-0.2, 0) is 5.41 Å². The van der Waals surface area contributed by atoms with E-state index in [1.54, 1.807) is 0 Å². The maximum Gasteiger partial charge on any atom is 0.0393 e. The van der Waals surface area contributed by atoms with Crippen LogP contribution in [0.15, 0.2) is 151 Å². The molecule has 0 radical (unpaired) electrons. The fourth-order valence-electron chi connectivity index (χ4n) is 9.27. The molecule has 0 saturated heterocycles. The van der Waals surface area contributed by atoms with E-state index in [-0.39, 0.29) is 0 Å².